The summed E-state index contributed by atoms with van der Waals surface area (Å²) in [4.78, 5) is 41.0. The van der Waals surface area contributed by atoms with Gasteiger partial charge in [0.1, 0.15) is 11.5 Å². The van der Waals surface area contributed by atoms with Crippen LogP contribution in [0.2, 0.25) is 0 Å². The highest BCUT2D eigenvalue weighted by Gasteiger charge is 2.14. The van der Waals surface area contributed by atoms with Crippen LogP contribution in [0.5, 0.6) is 5.75 Å². The van der Waals surface area contributed by atoms with Crippen molar-refractivity contribution in [3.8, 4) is 17.2 Å². The molecule has 2 aromatic heterocycles. The third-order valence-electron chi connectivity index (χ3n) is 6.16. The summed E-state index contributed by atoms with van der Waals surface area (Å²) in [5.41, 5.74) is 3.32. The van der Waals surface area contributed by atoms with Gasteiger partial charge >= 0.3 is 5.97 Å². The summed E-state index contributed by atoms with van der Waals surface area (Å²) in [6.45, 7) is 2.45. The number of benzene rings is 2. The fraction of sp³-hybridized carbons (Fsp3) is 0.267. The van der Waals surface area contributed by atoms with E-state index in [1.54, 1.807) is 18.2 Å². The lowest BCUT2D eigenvalue weighted by Gasteiger charge is -2.13. The normalized spacial score (nSPS) is 10.8. The number of oxazole rings is 1. The molecule has 0 unspecified atom stereocenters. The molecule has 0 bridgehead atoms. The maximum Gasteiger partial charge on any atom is 0.303 e. The topological polar surface area (TPSA) is 119 Å². The predicted molar refractivity (Wildman–Crippen MR) is 148 cm³/mol. The molecule has 0 aliphatic heterocycles. The van der Waals surface area contributed by atoms with E-state index in [2.05, 4.69) is 10.3 Å². The molecule has 1 amide bonds. The van der Waals surface area contributed by atoms with E-state index in [-0.39, 0.29) is 37.5 Å². The molecule has 0 spiro atoms. The number of ketones is 1. The minimum atomic E-state index is -0.893. The summed E-state index contributed by atoms with van der Waals surface area (Å²) < 4.78 is 11.8. The predicted octanol–water partition coefficient (Wildman–Crippen LogP) is 5.63. The maximum atomic E-state index is 12.4. The van der Waals surface area contributed by atoms with Gasteiger partial charge in [0.25, 0.3) is 0 Å². The maximum absolute atomic E-state index is 12.4. The number of aliphatic carboxylic acids is 1. The molecule has 9 heteroatoms. The van der Waals surface area contributed by atoms with Gasteiger partial charge in [0.15, 0.2) is 5.78 Å². The highest BCUT2D eigenvalue weighted by Crippen LogP contribution is 2.23. The van der Waals surface area contributed by atoms with E-state index in [1.165, 1.54) is 11.3 Å². The van der Waals surface area contributed by atoms with Gasteiger partial charge in [-0.3, -0.25) is 14.4 Å². The SMILES string of the molecule is Cc1oc(-c2ccccc2)nc1CCOc1ccc(CCC(=O)O)c(CNC(=O)CCC(=O)c2cccs2)c1. The second-order valence-electron chi connectivity index (χ2n) is 8.99. The van der Waals surface area contributed by atoms with Gasteiger partial charge < -0.3 is 19.6 Å². The van der Waals surface area contributed by atoms with Crippen molar-refractivity contribution in [3.05, 3.63) is 93.5 Å². The van der Waals surface area contributed by atoms with Crippen LogP contribution >= 0.6 is 11.3 Å². The second kappa shape index (κ2) is 13.5. The zero-order chi connectivity index (χ0) is 27.6. The number of Topliss-reactive ketones (excluding diaryl/α,β-unsaturated/α-hetero) is 1. The number of thiophene rings is 1. The average molecular weight is 547 g/mol. The van der Waals surface area contributed by atoms with Gasteiger partial charge in [-0.1, -0.05) is 30.3 Å². The summed E-state index contributed by atoms with van der Waals surface area (Å²) in [5, 5.41) is 13.8. The lowest BCUT2D eigenvalue weighted by molar-refractivity contribution is -0.137. The largest absolute Gasteiger partial charge is 0.493 e. The number of carboxylic acid groups (broad SMARTS) is 1. The van der Waals surface area contributed by atoms with Gasteiger partial charge in [-0.2, -0.15) is 0 Å². The number of amides is 1. The van der Waals surface area contributed by atoms with Gasteiger partial charge in [-0.15, -0.1) is 11.3 Å². The number of hydrogen-bond acceptors (Lipinski definition) is 7. The van der Waals surface area contributed by atoms with E-state index >= 15 is 0 Å². The first-order chi connectivity index (χ1) is 18.9. The monoisotopic (exact) mass is 546 g/mol. The molecule has 2 N–H and O–H groups in total. The van der Waals surface area contributed by atoms with Crippen LogP contribution in [0.25, 0.3) is 11.5 Å². The lowest BCUT2D eigenvalue weighted by atomic mass is 10.0. The van der Waals surface area contributed by atoms with Crippen LogP contribution in [-0.4, -0.2) is 34.4 Å². The number of carbonyl (C=O) groups excluding carboxylic acids is 2. The number of aromatic nitrogens is 1. The van der Waals surface area contributed by atoms with Crippen molar-refractivity contribution in [1.82, 2.24) is 10.3 Å². The molecule has 2 aromatic carbocycles. The standard InChI is InChI=1S/C30H30N2O6S/c1-20-25(32-30(38-20)22-6-3-2-4-7-22)15-16-37-24-11-9-21(10-14-29(35)36)23(18-24)19-31-28(34)13-12-26(33)27-8-5-17-39-27/h2-9,11,17-18H,10,12-16,19H2,1H3,(H,31,34)(H,35,36). The molecular weight excluding hydrogens is 516 g/mol. The highest BCUT2D eigenvalue weighted by atomic mass is 32.1. The van der Waals surface area contributed by atoms with E-state index < -0.39 is 5.97 Å². The fourth-order valence-electron chi connectivity index (χ4n) is 4.04. The molecule has 39 heavy (non-hydrogen) atoms. The van der Waals surface area contributed by atoms with Crippen LogP contribution in [0.1, 0.15) is 51.5 Å². The van der Waals surface area contributed by atoms with Crippen molar-refractivity contribution >= 4 is 29.0 Å². The fourth-order valence-corrected chi connectivity index (χ4v) is 4.74. The van der Waals surface area contributed by atoms with Crippen molar-refractivity contribution in [1.29, 1.82) is 0 Å². The van der Waals surface area contributed by atoms with E-state index in [0.717, 1.165) is 28.1 Å². The highest BCUT2D eigenvalue weighted by molar-refractivity contribution is 7.12. The second-order valence-corrected chi connectivity index (χ2v) is 9.94. The van der Waals surface area contributed by atoms with E-state index in [4.69, 9.17) is 14.3 Å². The molecular formula is C30H30N2O6S. The zero-order valence-electron chi connectivity index (χ0n) is 21.6. The summed E-state index contributed by atoms with van der Waals surface area (Å²) in [6.07, 6.45) is 1.07. The Morgan fingerprint density at radius 1 is 0.974 bits per heavy atom. The van der Waals surface area contributed by atoms with Crippen molar-refractivity contribution in [3.63, 3.8) is 0 Å². The molecule has 8 nitrogen and oxygen atoms in total. The van der Waals surface area contributed by atoms with Crippen LogP contribution in [0.3, 0.4) is 0 Å². The van der Waals surface area contributed by atoms with Crippen molar-refractivity contribution in [2.75, 3.05) is 6.61 Å². The van der Waals surface area contributed by atoms with Gasteiger partial charge in [0.2, 0.25) is 11.8 Å². The Bertz CT molecular complexity index is 1410. The summed E-state index contributed by atoms with van der Waals surface area (Å²) in [6, 6.07) is 18.7. The first kappa shape index (κ1) is 27.8. The Hall–Kier alpha value is -4.24. The summed E-state index contributed by atoms with van der Waals surface area (Å²) in [7, 11) is 0. The summed E-state index contributed by atoms with van der Waals surface area (Å²) >= 11 is 1.36. The zero-order valence-corrected chi connectivity index (χ0v) is 22.5. The van der Waals surface area contributed by atoms with Gasteiger partial charge in [0, 0.05) is 37.8 Å². The molecule has 0 atom stereocenters. The molecule has 0 aliphatic carbocycles. The number of ether oxygens (including phenoxy) is 1. The van der Waals surface area contributed by atoms with Crippen molar-refractivity contribution in [2.45, 2.75) is 45.6 Å². The minimum absolute atomic E-state index is 0.0222. The van der Waals surface area contributed by atoms with Crippen molar-refractivity contribution in [2.24, 2.45) is 0 Å². The number of aryl methyl sites for hydroxylation is 2. The molecule has 4 aromatic rings. The van der Waals surface area contributed by atoms with Crippen LogP contribution in [-0.2, 0) is 29.0 Å². The Balaban J connectivity index is 1.34. The molecule has 2 heterocycles. The number of rotatable bonds is 14. The molecule has 4 rings (SSSR count). The first-order valence-corrected chi connectivity index (χ1v) is 13.6. The van der Waals surface area contributed by atoms with E-state index in [0.29, 0.717) is 36.0 Å². The Labute approximate surface area is 230 Å². The van der Waals surface area contributed by atoms with Crippen LogP contribution < -0.4 is 10.1 Å². The van der Waals surface area contributed by atoms with Crippen LogP contribution in [0.15, 0.2) is 70.5 Å². The number of hydrogen-bond donors (Lipinski definition) is 2. The molecule has 0 aliphatic rings. The van der Waals surface area contributed by atoms with Gasteiger partial charge in [-0.05, 0) is 60.2 Å². The van der Waals surface area contributed by atoms with Crippen LogP contribution in [0, 0.1) is 6.92 Å². The summed E-state index contributed by atoms with van der Waals surface area (Å²) in [5.74, 6) is 0.719. The Morgan fingerprint density at radius 2 is 1.79 bits per heavy atom. The Morgan fingerprint density at radius 3 is 2.54 bits per heavy atom. The number of carboxylic acids is 1. The number of carbonyl (C=O) groups is 3. The smallest absolute Gasteiger partial charge is 0.303 e. The average Bonchev–Trinajstić information content (AvgIpc) is 3.61. The van der Waals surface area contributed by atoms with Gasteiger partial charge in [-0.25, -0.2) is 4.98 Å². The van der Waals surface area contributed by atoms with Crippen LogP contribution in [0.4, 0.5) is 0 Å². The van der Waals surface area contributed by atoms with Gasteiger partial charge in [0.05, 0.1) is 17.2 Å². The Kier molecular flexibility index (Phi) is 9.64. The molecule has 202 valence electrons. The third-order valence-corrected chi connectivity index (χ3v) is 7.07. The van der Waals surface area contributed by atoms with E-state index in [9.17, 15) is 14.4 Å². The van der Waals surface area contributed by atoms with E-state index in [1.807, 2.05) is 54.8 Å². The molecule has 0 saturated carbocycles. The number of nitrogens with one attached hydrogen (secondary N) is 1. The minimum Gasteiger partial charge on any atom is -0.493 e. The lowest BCUT2D eigenvalue weighted by Crippen LogP contribution is -2.24. The molecule has 0 radical (unpaired) electrons. The number of nitrogens with zero attached hydrogens (tertiary/aromatic N) is 1. The quantitative estimate of drug-likeness (QED) is 0.197. The third kappa shape index (κ3) is 8.12. The molecule has 0 saturated heterocycles. The van der Waals surface area contributed by atoms with Crippen molar-refractivity contribution < 1.29 is 28.6 Å². The molecule has 0 fully saturated rings. The first-order valence-electron chi connectivity index (χ1n) is 12.7.